The molecule has 5 rings (SSSR count). The zero-order valence-electron chi connectivity index (χ0n) is 19.2. The Kier molecular flexibility index (Phi) is 6.30. The van der Waals surface area contributed by atoms with Crippen LogP contribution in [0.2, 0.25) is 0 Å². The molecule has 0 unspecified atom stereocenters. The molecule has 0 bridgehead atoms. The Hall–Kier alpha value is -3.29. The molecule has 1 heterocycles. The fourth-order valence-electron chi connectivity index (χ4n) is 4.26. The fourth-order valence-corrected chi connectivity index (χ4v) is 5.39. The molecule has 1 aliphatic rings. The fraction of sp³-hybridized carbons (Fsp3) is 0.259. The number of anilines is 1. The number of fused-ring (bicyclic) bond motifs is 1. The SMILES string of the molecule is CS(=O)(=O)N(Cc1cccc(-c2ccc3ncnc(NCCc4ccccc4)c3c2)c1)C1CC1. The number of hydrogen-bond donors (Lipinski definition) is 1. The molecular formula is C27H28N4O2S. The third kappa shape index (κ3) is 5.26. The molecule has 1 saturated carbocycles. The smallest absolute Gasteiger partial charge is 0.211 e. The van der Waals surface area contributed by atoms with Crippen LogP contribution in [-0.4, -0.2) is 41.5 Å². The lowest BCUT2D eigenvalue weighted by Crippen LogP contribution is -2.31. The molecule has 0 spiro atoms. The quantitative estimate of drug-likeness (QED) is 0.376. The zero-order valence-corrected chi connectivity index (χ0v) is 20.0. The number of aromatic nitrogens is 2. The van der Waals surface area contributed by atoms with Crippen LogP contribution in [0.3, 0.4) is 0 Å². The molecule has 1 aliphatic carbocycles. The van der Waals surface area contributed by atoms with Crippen LogP contribution >= 0.6 is 0 Å². The predicted molar refractivity (Wildman–Crippen MR) is 137 cm³/mol. The van der Waals surface area contributed by atoms with Gasteiger partial charge in [-0.1, -0.05) is 54.6 Å². The maximum Gasteiger partial charge on any atom is 0.211 e. The second kappa shape index (κ2) is 9.52. The number of benzene rings is 3. The zero-order chi connectivity index (χ0) is 23.5. The highest BCUT2D eigenvalue weighted by molar-refractivity contribution is 7.88. The molecule has 6 nitrogen and oxygen atoms in total. The van der Waals surface area contributed by atoms with Gasteiger partial charge in [-0.15, -0.1) is 0 Å². The van der Waals surface area contributed by atoms with E-state index in [9.17, 15) is 8.42 Å². The van der Waals surface area contributed by atoms with Gasteiger partial charge in [-0.2, -0.15) is 4.31 Å². The lowest BCUT2D eigenvalue weighted by molar-refractivity contribution is 0.402. The van der Waals surface area contributed by atoms with Crippen LogP contribution in [0.5, 0.6) is 0 Å². The van der Waals surface area contributed by atoms with E-state index in [0.29, 0.717) is 6.54 Å². The summed E-state index contributed by atoms with van der Waals surface area (Å²) in [5.41, 5.74) is 5.24. The monoisotopic (exact) mass is 472 g/mol. The third-order valence-corrected chi connectivity index (χ3v) is 7.44. The van der Waals surface area contributed by atoms with E-state index in [2.05, 4.69) is 63.8 Å². The molecular weight excluding hydrogens is 444 g/mol. The summed E-state index contributed by atoms with van der Waals surface area (Å²) >= 11 is 0. The Morgan fingerprint density at radius 1 is 0.912 bits per heavy atom. The number of sulfonamides is 1. The summed E-state index contributed by atoms with van der Waals surface area (Å²) in [4.78, 5) is 8.92. The topological polar surface area (TPSA) is 75.2 Å². The predicted octanol–water partition coefficient (Wildman–Crippen LogP) is 4.88. The van der Waals surface area contributed by atoms with Gasteiger partial charge in [-0.3, -0.25) is 0 Å². The van der Waals surface area contributed by atoms with Crippen molar-refractivity contribution in [1.82, 2.24) is 14.3 Å². The van der Waals surface area contributed by atoms with Crippen molar-refractivity contribution in [3.05, 3.63) is 90.3 Å². The Balaban J connectivity index is 1.38. The van der Waals surface area contributed by atoms with Crippen LogP contribution in [0.1, 0.15) is 24.0 Å². The molecule has 174 valence electrons. The molecule has 4 aromatic rings. The summed E-state index contributed by atoms with van der Waals surface area (Å²) in [6.07, 6.45) is 5.68. The highest BCUT2D eigenvalue weighted by atomic mass is 32.2. The Bertz CT molecular complexity index is 1400. The van der Waals surface area contributed by atoms with Gasteiger partial charge in [0.15, 0.2) is 0 Å². The summed E-state index contributed by atoms with van der Waals surface area (Å²) in [6.45, 7) is 1.18. The summed E-state index contributed by atoms with van der Waals surface area (Å²) in [5, 5.41) is 4.43. The standard InChI is InChI=1S/C27H28N4O2S/c1-34(32,33)31(24-11-12-24)18-21-8-5-9-22(16-21)23-10-13-26-25(17-23)27(30-19-29-26)28-15-14-20-6-3-2-4-7-20/h2-10,13,16-17,19,24H,11-12,14-15,18H2,1H3,(H,28,29,30). The minimum absolute atomic E-state index is 0.140. The van der Waals surface area contributed by atoms with E-state index in [1.165, 1.54) is 11.8 Å². The van der Waals surface area contributed by atoms with Crippen molar-refractivity contribution in [2.75, 3.05) is 18.1 Å². The summed E-state index contributed by atoms with van der Waals surface area (Å²) in [5.74, 6) is 0.816. The van der Waals surface area contributed by atoms with E-state index in [4.69, 9.17) is 0 Å². The Morgan fingerprint density at radius 2 is 1.68 bits per heavy atom. The number of rotatable bonds is 9. The molecule has 0 atom stereocenters. The van der Waals surface area contributed by atoms with Gasteiger partial charge < -0.3 is 5.32 Å². The first-order chi connectivity index (χ1) is 16.5. The number of nitrogens with one attached hydrogen (secondary N) is 1. The Labute approximate surface area is 200 Å². The van der Waals surface area contributed by atoms with Crippen LogP contribution in [0.25, 0.3) is 22.0 Å². The van der Waals surface area contributed by atoms with Gasteiger partial charge in [0.05, 0.1) is 11.8 Å². The number of hydrogen-bond acceptors (Lipinski definition) is 5. The molecule has 0 radical (unpaired) electrons. The van der Waals surface area contributed by atoms with E-state index in [1.54, 1.807) is 10.6 Å². The van der Waals surface area contributed by atoms with Crippen molar-refractivity contribution in [2.24, 2.45) is 0 Å². The highest BCUT2D eigenvalue weighted by Crippen LogP contribution is 2.32. The molecule has 0 amide bonds. The maximum absolute atomic E-state index is 12.2. The van der Waals surface area contributed by atoms with Crippen LogP contribution in [0.4, 0.5) is 5.82 Å². The van der Waals surface area contributed by atoms with Crippen LogP contribution < -0.4 is 5.32 Å². The van der Waals surface area contributed by atoms with Gasteiger partial charge in [-0.25, -0.2) is 18.4 Å². The molecule has 1 fully saturated rings. The summed E-state index contributed by atoms with van der Waals surface area (Å²) in [7, 11) is -3.23. The maximum atomic E-state index is 12.2. The van der Waals surface area contributed by atoms with E-state index in [1.807, 2.05) is 24.3 Å². The Morgan fingerprint density at radius 3 is 2.44 bits per heavy atom. The largest absolute Gasteiger partial charge is 0.369 e. The van der Waals surface area contributed by atoms with E-state index >= 15 is 0 Å². The second-order valence-corrected chi connectivity index (χ2v) is 10.8. The average molecular weight is 473 g/mol. The van der Waals surface area contributed by atoms with Gasteiger partial charge in [-0.05, 0) is 59.7 Å². The van der Waals surface area contributed by atoms with Gasteiger partial charge in [0.25, 0.3) is 0 Å². The lowest BCUT2D eigenvalue weighted by Gasteiger charge is -2.19. The van der Waals surface area contributed by atoms with Gasteiger partial charge >= 0.3 is 0 Å². The van der Waals surface area contributed by atoms with E-state index in [0.717, 1.165) is 59.2 Å². The van der Waals surface area contributed by atoms with Crippen molar-refractivity contribution < 1.29 is 8.42 Å². The normalized spacial score (nSPS) is 13.9. The molecule has 1 aromatic heterocycles. The highest BCUT2D eigenvalue weighted by Gasteiger charge is 2.34. The first-order valence-corrected chi connectivity index (χ1v) is 13.4. The second-order valence-electron chi connectivity index (χ2n) is 8.86. The van der Waals surface area contributed by atoms with E-state index < -0.39 is 10.0 Å². The van der Waals surface area contributed by atoms with Gasteiger partial charge in [0, 0.05) is 24.5 Å². The van der Waals surface area contributed by atoms with Crippen molar-refractivity contribution in [3.8, 4) is 11.1 Å². The molecule has 34 heavy (non-hydrogen) atoms. The average Bonchev–Trinajstić information content (AvgIpc) is 3.68. The summed E-state index contributed by atoms with van der Waals surface area (Å²) in [6, 6.07) is 24.8. The van der Waals surface area contributed by atoms with Crippen LogP contribution in [0, 0.1) is 0 Å². The molecule has 1 N–H and O–H groups in total. The van der Waals surface area contributed by atoms with Crippen LogP contribution in [-0.2, 0) is 23.0 Å². The van der Waals surface area contributed by atoms with Crippen molar-refractivity contribution in [1.29, 1.82) is 0 Å². The van der Waals surface area contributed by atoms with Crippen molar-refractivity contribution in [3.63, 3.8) is 0 Å². The van der Waals surface area contributed by atoms with Gasteiger partial charge in [0.1, 0.15) is 12.1 Å². The summed E-state index contributed by atoms with van der Waals surface area (Å²) < 4.78 is 26.1. The third-order valence-electron chi connectivity index (χ3n) is 6.16. The molecule has 0 saturated heterocycles. The molecule has 7 heteroatoms. The minimum atomic E-state index is -3.23. The molecule has 0 aliphatic heterocycles. The van der Waals surface area contributed by atoms with Crippen molar-refractivity contribution in [2.45, 2.75) is 31.8 Å². The lowest BCUT2D eigenvalue weighted by atomic mass is 10.0. The minimum Gasteiger partial charge on any atom is -0.369 e. The van der Waals surface area contributed by atoms with Gasteiger partial charge in [0.2, 0.25) is 10.0 Å². The van der Waals surface area contributed by atoms with Crippen molar-refractivity contribution >= 4 is 26.7 Å². The van der Waals surface area contributed by atoms with Crippen LogP contribution in [0.15, 0.2) is 79.1 Å². The first-order valence-electron chi connectivity index (χ1n) is 11.6. The molecule has 3 aromatic carbocycles. The van der Waals surface area contributed by atoms with E-state index in [-0.39, 0.29) is 6.04 Å². The first kappa shape index (κ1) is 22.5. The number of nitrogens with zero attached hydrogens (tertiary/aromatic N) is 3.